The summed E-state index contributed by atoms with van der Waals surface area (Å²) in [5.41, 5.74) is 1.50. The van der Waals surface area contributed by atoms with Crippen molar-refractivity contribution in [3.8, 4) is 5.75 Å². The zero-order valence-electron chi connectivity index (χ0n) is 9.79. The predicted molar refractivity (Wildman–Crippen MR) is 72.4 cm³/mol. The third-order valence-electron chi connectivity index (χ3n) is 3.02. The predicted octanol–water partition coefficient (Wildman–Crippen LogP) is 4.27. The molecule has 0 amide bonds. The Morgan fingerprint density at radius 3 is 2.74 bits per heavy atom. The van der Waals surface area contributed by atoms with Gasteiger partial charge < -0.3 is 10.1 Å². The lowest BCUT2D eigenvalue weighted by Crippen LogP contribution is -2.24. The van der Waals surface area contributed by atoms with Crippen molar-refractivity contribution in [3.63, 3.8) is 0 Å². The molecule has 0 fully saturated rings. The summed E-state index contributed by atoms with van der Waals surface area (Å²) >= 11 is 3.37. The second kappa shape index (κ2) is 4.81. The Morgan fingerprint density at radius 2 is 1.95 bits per heavy atom. The summed E-state index contributed by atoms with van der Waals surface area (Å²) in [5.74, 6) is -0.945. The first-order chi connectivity index (χ1) is 9.13. The van der Waals surface area contributed by atoms with E-state index in [1.54, 1.807) is 6.07 Å². The van der Waals surface area contributed by atoms with Gasteiger partial charge in [0.15, 0.2) is 11.6 Å². The number of nitrogens with one attached hydrogen (secondary N) is 1. The molecule has 2 aromatic rings. The van der Waals surface area contributed by atoms with Crippen LogP contribution < -0.4 is 10.1 Å². The monoisotopic (exact) mass is 325 g/mol. The first-order valence-electron chi connectivity index (χ1n) is 5.77. The second-order valence-corrected chi connectivity index (χ2v) is 5.24. The fourth-order valence-corrected chi connectivity index (χ4v) is 2.39. The average molecular weight is 326 g/mol. The molecule has 0 saturated heterocycles. The summed E-state index contributed by atoms with van der Waals surface area (Å²) in [5, 5.41) is 3.25. The fourth-order valence-electron chi connectivity index (χ4n) is 2.05. The Labute approximate surface area is 117 Å². The normalized spacial score (nSPS) is 17.3. The van der Waals surface area contributed by atoms with Crippen LogP contribution in [0.25, 0.3) is 0 Å². The topological polar surface area (TPSA) is 21.3 Å². The standard InChI is InChI=1S/C14H10BrF2NO/c15-9-2-4-12-14(6-9)19-7-13(18-12)8-1-3-10(16)11(17)5-8/h1-6,13,18H,7H2. The molecule has 1 aliphatic rings. The van der Waals surface area contributed by atoms with Crippen LogP contribution in [0.15, 0.2) is 40.9 Å². The molecular formula is C14H10BrF2NO. The first-order valence-corrected chi connectivity index (χ1v) is 6.56. The van der Waals surface area contributed by atoms with Gasteiger partial charge in [-0.15, -0.1) is 0 Å². The SMILES string of the molecule is Fc1ccc(C2COc3cc(Br)ccc3N2)cc1F. The van der Waals surface area contributed by atoms with Crippen LogP contribution in [-0.2, 0) is 0 Å². The van der Waals surface area contributed by atoms with Gasteiger partial charge in [0.05, 0.1) is 11.7 Å². The highest BCUT2D eigenvalue weighted by Gasteiger charge is 2.21. The number of anilines is 1. The second-order valence-electron chi connectivity index (χ2n) is 4.32. The van der Waals surface area contributed by atoms with Crippen LogP contribution in [0.3, 0.4) is 0 Å². The van der Waals surface area contributed by atoms with E-state index >= 15 is 0 Å². The van der Waals surface area contributed by atoms with Crippen LogP contribution in [0.5, 0.6) is 5.75 Å². The Kier molecular flexibility index (Phi) is 3.14. The maximum atomic E-state index is 13.2. The zero-order chi connectivity index (χ0) is 13.4. The van der Waals surface area contributed by atoms with E-state index in [0.29, 0.717) is 12.2 Å². The third kappa shape index (κ3) is 2.42. The lowest BCUT2D eigenvalue weighted by atomic mass is 10.1. The molecule has 2 aromatic carbocycles. The van der Waals surface area contributed by atoms with E-state index in [1.165, 1.54) is 6.07 Å². The lowest BCUT2D eigenvalue weighted by Gasteiger charge is -2.28. The number of benzene rings is 2. The molecule has 98 valence electrons. The Morgan fingerprint density at radius 1 is 1.11 bits per heavy atom. The van der Waals surface area contributed by atoms with Crippen molar-refractivity contribution in [1.82, 2.24) is 0 Å². The van der Waals surface area contributed by atoms with Crippen molar-refractivity contribution >= 4 is 21.6 Å². The minimum absolute atomic E-state index is 0.191. The van der Waals surface area contributed by atoms with E-state index in [-0.39, 0.29) is 6.04 Å². The Hall–Kier alpha value is -1.62. The van der Waals surface area contributed by atoms with E-state index in [0.717, 1.165) is 22.0 Å². The molecule has 0 radical (unpaired) electrons. The first kappa shape index (κ1) is 12.4. The molecule has 0 saturated carbocycles. The van der Waals surface area contributed by atoms with Gasteiger partial charge in [-0.3, -0.25) is 0 Å². The Balaban J connectivity index is 1.89. The van der Waals surface area contributed by atoms with Crippen molar-refractivity contribution in [2.24, 2.45) is 0 Å². The van der Waals surface area contributed by atoms with Crippen LogP contribution in [0.1, 0.15) is 11.6 Å². The van der Waals surface area contributed by atoms with Gasteiger partial charge in [0, 0.05) is 4.47 Å². The van der Waals surface area contributed by atoms with Gasteiger partial charge in [-0.2, -0.15) is 0 Å². The molecule has 2 nitrogen and oxygen atoms in total. The average Bonchev–Trinajstić information content (AvgIpc) is 2.41. The minimum Gasteiger partial charge on any atom is -0.489 e. The van der Waals surface area contributed by atoms with Gasteiger partial charge in [0.1, 0.15) is 12.4 Å². The molecule has 19 heavy (non-hydrogen) atoms. The van der Waals surface area contributed by atoms with Crippen LogP contribution >= 0.6 is 15.9 Å². The van der Waals surface area contributed by atoms with Gasteiger partial charge in [0.2, 0.25) is 0 Å². The highest BCUT2D eigenvalue weighted by atomic mass is 79.9. The van der Waals surface area contributed by atoms with Crippen LogP contribution in [0.2, 0.25) is 0 Å². The van der Waals surface area contributed by atoms with E-state index in [1.807, 2.05) is 18.2 Å². The molecule has 0 bridgehead atoms. The molecule has 1 atom stereocenters. The smallest absolute Gasteiger partial charge is 0.159 e. The summed E-state index contributed by atoms with van der Waals surface area (Å²) in [6.45, 7) is 0.370. The van der Waals surface area contributed by atoms with Gasteiger partial charge >= 0.3 is 0 Å². The summed E-state index contributed by atoms with van der Waals surface area (Å²) < 4.78 is 32.7. The maximum absolute atomic E-state index is 13.2. The van der Waals surface area contributed by atoms with E-state index < -0.39 is 11.6 Å². The molecule has 5 heteroatoms. The fraction of sp³-hybridized carbons (Fsp3) is 0.143. The minimum atomic E-state index is -0.846. The van der Waals surface area contributed by atoms with Crippen molar-refractivity contribution in [2.75, 3.05) is 11.9 Å². The number of ether oxygens (including phenoxy) is 1. The largest absolute Gasteiger partial charge is 0.489 e. The van der Waals surface area contributed by atoms with Gasteiger partial charge in [-0.1, -0.05) is 22.0 Å². The summed E-state index contributed by atoms with van der Waals surface area (Å²) in [4.78, 5) is 0. The summed E-state index contributed by atoms with van der Waals surface area (Å²) in [6.07, 6.45) is 0. The molecule has 1 heterocycles. The zero-order valence-corrected chi connectivity index (χ0v) is 11.4. The van der Waals surface area contributed by atoms with E-state index in [2.05, 4.69) is 21.2 Å². The molecule has 1 unspecified atom stereocenters. The molecule has 3 rings (SSSR count). The van der Waals surface area contributed by atoms with Gasteiger partial charge in [0.25, 0.3) is 0 Å². The lowest BCUT2D eigenvalue weighted by molar-refractivity contribution is 0.286. The van der Waals surface area contributed by atoms with E-state index in [9.17, 15) is 8.78 Å². The van der Waals surface area contributed by atoms with Crippen LogP contribution in [0, 0.1) is 11.6 Å². The number of halogens is 3. The quantitative estimate of drug-likeness (QED) is 0.845. The van der Waals surface area contributed by atoms with Gasteiger partial charge in [-0.25, -0.2) is 8.78 Å². The van der Waals surface area contributed by atoms with Crippen LogP contribution in [0.4, 0.5) is 14.5 Å². The molecule has 1 aliphatic heterocycles. The van der Waals surface area contributed by atoms with Crippen LogP contribution in [-0.4, -0.2) is 6.61 Å². The summed E-state index contributed by atoms with van der Waals surface area (Å²) in [7, 11) is 0. The van der Waals surface area contributed by atoms with Crippen molar-refractivity contribution in [2.45, 2.75) is 6.04 Å². The van der Waals surface area contributed by atoms with Gasteiger partial charge in [-0.05, 0) is 35.9 Å². The molecule has 0 aromatic heterocycles. The van der Waals surface area contributed by atoms with E-state index in [4.69, 9.17) is 4.74 Å². The molecule has 0 aliphatic carbocycles. The molecule has 0 spiro atoms. The van der Waals surface area contributed by atoms with Crippen molar-refractivity contribution in [1.29, 1.82) is 0 Å². The number of hydrogen-bond acceptors (Lipinski definition) is 2. The number of rotatable bonds is 1. The number of fused-ring (bicyclic) bond motifs is 1. The van der Waals surface area contributed by atoms with Crippen molar-refractivity contribution < 1.29 is 13.5 Å². The third-order valence-corrected chi connectivity index (χ3v) is 3.52. The Bertz CT molecular complexity index is 633. The highest BCUT2D eigenvalue weighted by molar-refractivity contribution is 9.10. The summed E-state index contributed by atoms with van der Waals surface area (Å²) in [6, 6.07) is 9.33. The highest BCUT2D eigenvalue weighted by Crippen LogP contribution is 2.35. The molecular weight excluding hydrogens is 316 g/mol. The number of hydrogen-bond donors (Lipinski definition) is 1. The van der Waals surface area contributed by atoms with Crippen molar-refractivity contribution in [3.05, 3.63) is 58.1 Å². The molecule has 1 N–H and O–H groups in total. The maximum Gasteiger partial charge on any atom is 0.159 e.